The fourth-order valence-corrected chi connectivity index (χ4v) is 3.76. The summed E-state index contributed by atoms with van der Waals surface area (Å²) in [5.74, 6) is 1.72. The van der Waals surface area contributed by atoms with Gasteiger partial charge in [-0.15, -0.1) is 0 Å². The molecule has 0 aliphatic carbocycles. The Morgan fingerprint density at radius 3 is 2.56 bits per heavy atom. The summed E-state index contributed by atoms with van der Waals surface area (Å²) in [4.78, 5) is 8.93. The molecular weight excluding hydrogens is 428 g/mol. The minimum Gasteiger partial charge on any atom is -0.457 e. The van der Waals surface area contributed by atoms with Crippen LogP contribution in [0.2, 0.25) is 0 Å². The van der Waals surface area contributed by atoms with Gasteiger partial charge in [0.25, 0.3) is 0 Å². The number of fused-ring (bicyclic) bond motifs is 1. The van der Waals surface area contributed by atoms with Gasteiger partial charge in [-0.2, -0.15) is 10.5 Å². The zero-order chi connectivity index (χ0) is 24.5. The van der Waals surface area contributed by atoms with Crippen LogP contribution in [0.5, 0.6) is 11.5 Å². The van der Waals surface area contributed by atoms with Crippen molar-refractivity contribution < 1.29 is 4.74 Å². The van der Waals surface area contributed by atoms with Gasteiger partial charge in [-0.05, 0) is 29.2 Å². The number of para-hydroxylation sites is 1. The van der Waals surface area contributed by atoms with Gasteiger partial charge in [0.1, 0.15) is 40.8 Å². The van der Waals surface area contributed by atoms with E-state index in [9.17, 15) is 5.26 Å². The summed E-state index contributed by atoms with van der Waals surface area (Å²) < 4.78 is 6.30. The third-order valence-electron chi connectivity index (χ3n) is 5.50. The van der Waals surface area contributed by atoms with Crippen LogP contribution in [0.3, 0.4) is 0 Å². The molecule has 9 heteroatoms. The molecule has 6 N–H and O–H groups in total. The van der Waals surface area contributed by atoms with Gasteiger partial charge in [0.15, 0.2) is 6.19 Å². The summed E-state index contributed by atoms with van der Waals surface area (Å²) >= 11 is 0. The minimum absolute atomic E-state index is 0.00765. The number of benzene rings is 2. The van der Waals surface area contributed by atoms with E-state index in [1.165, 1.54) is 0 Å². The number of hydrogen-bond acceptors (Lipinski definition) is 9. The highest BCUT2D eigenvalue weighted by Gasteiger charge is 2.31. The molecule has 1 aliphatic heterocycles. The highest BCUT2D eigenvalue weighted by molar-refractivity contribution is 5.98. The normalized spacial score (nSPS) is 14.6. The van der Waals surface area contributed by atoms with E-state index in [1.54, 1.807) is 0 Å². The fourth-order valence-electron chi connectivity index (χ4n) is 3.76. The maximum Gasteiger partial charge on any atom is 0.211 e. The molecule has 0 spiro atoms. The molecule has 1 aromatic heterocycles. The van der Waals surface area contributed by atoms with Crippen molar-refractivity contribution in [2.24, 2.45) is 4.99 Å². The largest absolute Gasteiger partial charge is 0.457 e. The molecule has 170 valence electrons. The van der Waals surface area contributed by atoms with Crippen molar-refractivity contribution in [3.8, 4) is 23.8 Å². The molecule has 0 bridgehead atoms. The van der Waals surface area contributed by atoms with Crippen LogP contribution in [0.4, 0.5) is 17.3 Å². The van der Waals surface area contributed by atoms with Crippen LogP contribution in [0.25, 0.3) is 0 Å². The van der Waals surface area contributed by atoms with Gasteiger partial charge in [0, 0.05) is 11.1 Å². The van der Waals surface area contributed by atoms with E-state index in [2.05, 4.69) is 47.4 Å². The van der Waals surface area contributed by atoms with Crippen molar-refractivity contribution in [2.45, 2.75) is 32.2 Å². The lowest BCUT2D eigenvalue weighted by atomic mass is 9.87. The summed E-state index contributed by atoms with van der Waals surface area (Å²) in [7, 11) is 0. The number of nitrogen functional groups attached to an aromatic ring is 2. The Bertz CT molecular complexity index is 1380. The number of ether oxygens (including phenoxy) is 1. The minimum atomic E-state index is -0.700. The molecule has 4 rings (SSSR count). The monoisotopic (exact) mass is 452 g/mol. The van der Waals surface area contributed by atoms with Crippen LogP contribution in [0.15, 0.2) is 53.5 Å². The Hall–Kier alpha value is -4.76. The second-order valence-electron chi connectivity index (χ2n) is 8.82. The first-order valence-corrected chi connectivity index (χ1v) is 10.6. The summed E-state index contributed by atoms with van der Waals surface area (Å²) in [6.07, 6.45) is 1.85. The first-order valence-electron chi connectivity index (χ1n) is 10.6. The highest BCUT2D eigenvalue weighted by atomic mass is 16.5. The summed E-state index contributed by atoms with van der Waals surface area (Å²) in [6, 6.07) is 16.6. The number of anilines is 3. The average Bonchev–Trinajstić information content (AvgIpc) is 2.79. The molecule has 1 atom stereocenters. The Morgan fingerprint density at radius 2 is 1.85 bits per heavy atom. The van der Waals surface area contributed by atoms with E-state index in [-0.39, 0.29) is 28.4 Å². The number of nitriles is 2. The van der Waals surface area contributed by atoms with Gasteiger partial charge in [0.2, 0.25) is 5.96 Å². The number of nitrogens with one attached hydrogen (secondary N) is 2. The quantitative estimate of drug-likeness (QED) is 0.341. The number of guanidine groups is 1. The average molecular weight is 453 g/mol. The summed E-state index contributed by atoms with van der Waals surface area (Å²) in [5, 5.41) is 24.1. The van der Waals surface area contributed by atoms with Crippen LogP contribution in [-0.2, 0) is 5.41 Å². The summed E-state index contributed by atoms with van der Waals surface area (Å²) in [6.45, 7) is 6.41. The van der Waals surface area contributed by atoms with Crippen molar-refractivity contribution in [3.05, 3.63) is 70.8 Å². The molecule has 2 aromatic carbocycles. The Labute approximate surface area is 197 Å². The number of nitrogens with two attached hydrogens (primary N) is 2. The number of nitrogens with zero attached hydrogens (tertiary/aromatic N) is 4. The second-order valence-corrected chi connectivity index (χ2v) is 8.82. The SMILES string of the molecule is CC(C)(C)c1cccc(Oc2ccccc2C2N=C(NC#N)Nc3nc(N)c(C#N)c(N)c32)c1. The van der Waals surface area contributed by atoms with Gasteiger partial charge in [-0.3, -0.25) is 5.32 Å². The van der Waals surface area contributed by atoms with E-state index >= 15 is 0 Å². The van der Waals surface area contributed by atoms with E-state index in [1.807, 2.05) is 54.7 Å². The van der Waals surface area contributed by atoms with E-state index in [0.29, 0.717) is 28.4 Å². The molecule has 0 fully saturated rings. The van der Waals surface area contributed by atoms with E-state index in [0.717, 1.165) is 5.56 Å². The Kier molecular flexibility index (Phi) is 5.70. The van der Waals surface area contributed by atoms with Crippen LogP contribution < -0.4 is 26.8 Å². The topological polar surface area (TPSA) is 158 Å². The van der Waals surface area contributed by atoms with Crippen molar-refractivity contribution >= 4 is 23.3 Å². The lowest BCUT2D eigenvalue weighted by molar-refractivity contribution is 0.470. The van der Waals surface area contributed by atoms with Crippen molar-refractivity contribution in [3.63, 3.8) is 0 Å². The van der Waals surface area contributed by atoms with Gasteiger partial charge in [-0.1, -0.05) is 51.1 Å². The molecule has 2 heterocycles. The standard InChI is InChI=1S/C25H24N8O/c1-25(2,3)14-7-6-8-15(11-14)34-18-10-5-4-9-16(18)21-19-20(28)17(12-26)22(29)32-23(19)33-24(31-21)30-13-27/h4-11,21H,1-3H3,(H6,28,29,30,31,32,33). The maximum atomic E-state index is 9.55. The van der Waals surface area contributed by atoms with Crippen molar-refractivity contribution in [1.29, 1.82) is 10.5 Å². The third-order valence-corrected chi connectivity index (χ3v) is 5.50. The van der Waals surface area contributed by atoms with Crippen molar-refractivity contribution in [1.82, 2.24) is 10.3 Å². The molecule has 1 unspecified atom stereocenters. The van der Waals surface area contributed by atoms with Crippen LogP contribution >= 0.6 is 0 Å². The number of hydrogen-bond donors (Lipinski definition) is 4. The smallest absolute Gasteiger partial charge is 0.211 e. The van der Waals surface area contributed by atoms with Crippen molar-refractivity contribution in [2.75, 3.05) is 16.8 Å². The lowest BCUT2D eigenvalue weighted by Gasteiger charge is -2.27. The maximum absolute atomic E-state index is 9.55. The highest BCUT2D eigenvalue weighted by Crippen LogP contribution is 2.44. The predicted molar refractivity (Wildman–Crippen MR) is 131 cm³/mol. The predicted octanol–water partition coefficient (Wildman–Crippen LogP) is 4.15. The van der Waals surface area contributed by atoms with Gasteiger partial charge in [-0.25, -0.2) is 9.98 Å². The Morgan fingerprint density at radius 1 is 1.09 bits per heavy atom. The first-order chi connectivity index (χ1) is 16.2. The molecule has 34 heavy (non-hydrogen) atoms. The molecular formula is C25H24N8O. The third kappa shape index (κ3) is 4.15. The molecule has 0 saturated heterocycles. The van der Waals surface area contributed by atoms with Crippen LogP contribution in [0.1, 0.15) is 49.1 Å². The number of aromatic nitrogens is 1. The number of pyridine rings is 1. The molecule has 3 aromatic rings. The molecule has 0 saturated carbocycles. The molecule has 0 radical (unpaired) electrons. The number of rotatable bonds is 3. The lowest BCUT2D eigenvalue weighted by Crippen LogP contribution is -2.32. The molecule has 9 nitrogen and oxygen atoms in total. The van der Waals surface area contributed by atoms with Crippen LogP contribution in [0, 0.1) is 22.8 Å². The van der Waals surface area contributed by atoms with Gasteiger partial charge >= 0.3 is 0 Å². The second kappa shape index (κ2) is 8.64. The fraction of sp³-hybridized carbons (Fsp3) is 0.200. The van der Waals surface area contributed by atoms with Gasteiger partial charge in [0.05, 0.1) is 5.69 Å². The molecule has 1 aliphatic rings. The van der Waals surface area contributed by atoms with E-state index < -0.39 is 6.04 Å². The number of aliphatic imine (C=N–C) groups is 1. The summed E-state index contributed by atoms with van der Waals surface area (Å²) in [5.41, 5.74) is 14.8. The Balaban J connectivity index is 1.85. The zero-order valence-electron chi connectivity index (χ0n) is 19.0. The zero-order valence-corrected chi connectivity index (χ0v) is 19.0. The first kappa shape index (κ1) is 22.4. The van der Waals surface area contributed by atoms with E-state index in [4.69, 9.17) is 21.5 Å². The molecule has 0 amide bonds. The van der Waals surface area contributed by atoms with Crippen LogP contribution in [-0.4, -0.2) is 10.9 Å². The van der Waals surface area contributed by atoms with Gasteiger partial charge < -0.3 is 21.5 Å².